The van der Waals surface area contributed by atoms with Gasteiger partial charge < -0.3 is 9.53 Å². The average Bonchev–Trinajstić information content (AvgIpc) is 3.34. The van der Waals surface area contributed by atoms with Crippen molar-refractivity contribution >= 4 is 23.5 Å². The largest absolute Gasteiger partial charge is 0.437 e. The van der Waals surface area contributed by atoms with Crippen LogP contribution >= 0.6 is 11.6 Å². The van der Waals surface area contributed by atoms with Gasteiger partial charge >= 0.3 is 0 Å². The average molecular weight is 370 g/mol. The maximum Gasteiger partial charge on any atom is 0.219 e. The lowest BCUT2D eigenvalue weighted by molar-refractivity contribution is -0.117. The number of rotatable bonds is 7. The van der Waals surface area contributed by atoms with Crippen LogP contribution in [0.2, 0.25) is 5.02 Å². The molecule has 0 saturated heterocycles. The molecule has 1 saturated carbocycles. The second-order valence-corrected chi connectivity index (χ2v) is 7.89. The topological polar surface area (TPSA) is 39.2 Å². The Balaban J connectivity index is 1.64. The Hall–Kier alpha value is -2.13. The molecule has 3 rings (SSSR count). The zero-order chi connectivity index (χ0) is 18.7. The quantitative estimate of drug-likeness (QED) is 0.582. The summed E-state index contributed by atoms with van der Waals surface area (Å²) in [6, 6.07) is 9.76. The number of halogens is 1. The number of ketones is 1. The highest BCUT2D eigenvalue weighted by Gasteiger charge is 2.39. The van der Waals surface area contributed by atoms with Crippen LogP contribution in [0.25, 0.3) is 6.08 Å². The summed E-state index contributed by atoms with van der Waals surface area (Å²) in [7, 11) is 0. The number of aromatic nitrogens is 1. The lowest BCUT2D eigenvalue weighted by Gasteiger charge is -2.12. The molecule has 1 heterocycles. The van der Waals surface area contributed by atoms with Crippen molar-refractivity contribution in [1.82, 2.24) is 4.98 Å². The normalized spacial score (nSPS) is 16.5. The van der Waals surface area contributed by atoms with Gasteiger partial charge in [-0.05, 0) is 60.4 Å². The molecule has 1 fully saturated rings. The minimum atomic E-state index is 0.197. The molecule has 0 radical (unpaired) electrons. The first-order valence-corrected chi connectivity index (χ1v) is 9.35. The van der Waals surface area contributed by atoms with Gasteiger partial charge in [-0.2, -0.15) is 0 Å². The van der Waals surface area contributed by atoms with E-state index in [2.05, 4.69) is 18.0 Å². The predicted octanol–water partition coefficient (Wildman–Crippen LogP) is 6.21. The van der Waals surface area contributed by atoms with E-state index in [-0.39, 0.29) is 17.1 Å². The third kappa shape index (κ3) is 4.73. The molecular weight excluding hydrogens is 346 g/mol. The molecule has 1 aliphatic rings. The molecule has 0 bridgehead atoms. The van der Waals surface area contributed by atoms with E-state index in [4.69, 9.17) is 16.3 Å². The second-order valence-electron chi connectivity index (χ2n) is 7.48. The van der Waals surface area contributed by atoms with E-state index in [9.17, 15) is 4.79 Å². The standard InChI is InChI=1S/C22H24ClNO2/c1-15(12-16(2)25)4-5-17-6-9-21(24-14-17)26-20-8-7-18(13-19(20)23)22(3)10-11-22/h4-9,13-15H,10-12H2,1-3H3/b5-4+/t15-/m0/s1. The highest BCUT2D eigenvalue weighted by Crippen LogP contribution is 2.48. The lowest BCUT2D eigenvalue weighted by atomic mass is 9.98. The highest BCUT2D eigenvalue weighted by molar-refractivity contribution is 6.32. The summed E-state index contributed by atoms with van der Waals surface area (Å²) in [5.74, 6) is 1.54. The van der Waals surface area contributed by atoms with Crippen LogP contribution < -0.4 is 4.74 Å². The molecule has 0 amide bonds. The molecule has 0 unspecified atom stereocenters. The van der Waals surface area contributed by atoms with Crippen molar-refractivity contribution < 1.29 is 9.53 Å². The Bertz CT molecular complexity index is 823. The van der Waals surface area contributed by atoms with E-state index in [1.165, 1.54) is 18.4 Å². The Morgan fingerprint density at radius 3 is 2.69 bits per heavy atom. The number of carbonyl (C=O) groups excluding carboxylic acids is 1. The van der Waals surface area contributed by atoms with Crippen LogP contribution in [0.3, 0.4) is 0 Å². The molecule has 1 aromatic heterocycles. The van der Waals surface area contributed by atoms with Crippen LogP contribution in [-0.2, 0) is 10.2 Å². The molecule has 1 aliphatic carbocycles. The molecule has 2 aromatic rings. The first-order chi connectivity index (χ1) is 12.4. The van der Waals surface area contributed by atoms with Gasteiger partial charge in [-0.25, -0.2) is 4.98 Å². The number of benzene rings is 1. The molecule has 1 atom stereocenters. The van der Waals surface area contributed by atoms with Crippen molar-refractivity contribution in [2.45, 2.75) is 45.4 Å². The molecule has 1 aromatic carbocycles. The summed E-state index contributed by atoms with van der Waals surface area (Å²) < 4.78 is 5.82. The molecule has 3 nitrogen and oxygen atoms in total. The first-order valence-electron chi connectivity index (χ1n) is 8.97. The van der Waals surface area contributed by atoms with Crippen LogP contribution in [0, 0.1) is 5.92 Å². The van der Waals surface area contributed by atoms with Gasteiger partial charge in [0.15, 0.2) is 0 Å². The summed E-state index contributed by atoms with van der Waals surface area (Å²) >= 11 is 6.38. The van der Waals surface area contributed by atoms with Crippen molar-refractivity contribution in [2.24, 2.45) is 5.92 Å². The summed E-state index contributed by atoms with van der Waals surface area (Å²) in [5.41, 5.74) is 2.52. The fraction of sp³-hybridized carbons (Fsp3) is 0.364. The molecule has 4 heteroatoms. The van der Waals surface area contributed by atoms with Crippen molar-refractivity contribution in [3.8, 4) is 11.6 Å². The number of ether oxygens (including phenoxy) is 1. The summed E-state index contributed by atoms with van der Waals surface area (Å²) in [4.78, 5) is 15.5. The molecule has 26 heavy (non-hydrogen) atoms. The van der Waals surface area contributed by atoms with Crippen molar-refractivity contribution in [3.05, 3.63) is 58.8 Å². The predicted molar refractivity (Wildman–Crippen MR) is 106 cm³/mol. The number of hydrogen-bond acceptors (Lipinski definition) is 3. The van der Waals surface area contributed by atoms with Crippen LogP contribution in [0.1, 0.15) is 51.2 Å². The molecule has 0 spiro atoms. The van der Waals surface area contributed by atoms with Gasteiger partial charge in [0.1, 0.15) is 11.5 Å². The minimum Gasteiger partial charge on any atom is -0.437 e. The van der Waals surface area contributed by atoms with E-state index in [1.54, 1.807) is 13.1 Å². The van der Waals surface area contributed by atoms with Crippen molar-refractivity contribution in [1.29, 1.82) is 0 Å². The number of allylic oxidation sites excluding steroid dienone is 1. The Morgan fingerprint density at radius 2 is 2.12 bits per heavy atom. The maximum absolute atomic E-state index is 11.1. The third-order valence-electron chi connectivity index (χ3n) is 4.83. The Kier molecular flexibility index (Phi) is 5.47. The van der Waals surface area contributed by atoms with Gasteiger partial charge in [0.25, 0.3) is 0 Å². The van der Waals surface area contributed by atoms with Crippen LogP contribution in [-0.4, -0.2) is 10.8 Å². The van der Waals surface area contributed by atoms with Gasteiger partial charge in [-0.15, -0.1) is 0 Å². The third-order valence-corrected chi connectivity index (χ3v) is 5.12. The van der Waals surface area contributed by atoms with Gasteiger partial charge in [0, 0.05) is 18.7 Å². The number of Topliss-reactive ketones (excluding diaryl/α,β-unsaturated/α-hetero) is 1. The summed E-state index contributed by atoms with van der Waals surface area (Å²) in [6.45, 7) is 5.89. The number of nitrogens with zero attached hydrogens (tertiary/aromatic N) is 1. The Morgan fingerprint density at radius 1 is 1.35 bits per heavy atom. The van der Waals surface area contributed by atoms with Gasteiger partial charge in [-0.1, -0.05) is 43.7 Å². The van der Waals surface area contributed by atoms with Crippen LogP contribution in [0.15, 0.2) is 42.6 Å². The van der Waals surface area contributed by atoms with Crippen LogP contribution in [0.4, 0.5) is 0 Å². The summed E-state index contributed by atoms with van der Waals surface area (Å²) in [5, 5.41) is 0.611. The van der Waals surface area contributed by atoms with Crippen molar-refractivity contribution in [3.63, 3.8) is 0 Å². The Labute approximate surface area is 160 Å². The summed E-state index contributed by atoms with van der Waals surface area (Å²) in [6.07, 6.45) is 8.73. The van der Waals surface area contributed by atoms with Crippen LogP contribution in [0.5, 0.6) is 11.6 Å². The van der Waals surface area contributed by atoms with E-state index in [1.807, 2.05) is 43.3 Å². The van der Waals surface area contributed by atoms with Gasteiger partial charge in [0.05, 0.1) is 5.02 Å². The molecule has 0 aliphatic heterocycles. The van der Waals surface area contributed by atoms with Gasteiger partial charge in [-0.3, -0.25) is 0 Å². The van der Waals surface area contributed by atoms with E-state index >= 15 is 0 Å². The van der Waals surface area contributed by atoms with Gasteiger partial charge in [0.2, 0.25) is 5.88 Å². The number of pyridine rings is 1. The van der Waals surface area contributed by atoms with E-state index < -0.39 is 0 Å². The van der Waals surface area contributed by atoms with Crippen molar-refractivity contribution in [2.75, 3.05) is 0 Å². The zero-order valence-corrected chi connectivity index (χ0v) is 16.2. The zero-order valence-electron chi connectivity index (χ0n) is 15.5. The highest BCUT2D eigenvalue weighted by atomic mass is 35.5. The fourth-order valence-electron chi connectivity index (χ4n) is 2.90. The number of carbonyl (C=O) groups is 1. The molecule has 0 N–H and O–H groups in total. The van der Waals surface area contributed by atoms with E-state index in [0.717, 1.165) is 5.56 Å². The minimum absolute atomic E-state index is 0.197. The second kappa shape index (κ2) is 7.63. The van der Waals surface area contributed by atoms with E-state index in [0.29, 0.717) is 23.1 Å². The maximum atomic E-state index is 11.1. The lowest BCUT2D eigenvalue weighted by Crippen LogP contribution is -1.99. The first kappa shape index (κ1) is 18.7. The smallest absolute Gasteiger partial charge is 0.219 e. The monoisotopic (exact) mass is 369 g/mol. The SMILES string of the molecule is CC(=O)C[C@@H](C)/C=C/c1ccc(Oc2ccc(C3(C)CC3)cc2Cl)nc1. The molecule has 136 valence electrons. The molecular formula is C22H24ClNO2. The fourth-order valence-corrected chi connectivity index (χ4v) is 3.11. The number of hydrogen-bond donors (Lipinski definition) is 0.